The standard InChI is InChI=1S/C17H15F2N3O/c1-2-14-16(22-10-13(19)7-8-15(22)21-14)17(23)20-9-11-3-5-12(18)6-4-11/h3-8,10H,2,9H2,1H3,(H,20,23). The maximum Gasteiger partial charge on any atom is 0.270 e. The fraction of sp³-hybridized carbons (Fsp3) is 0.176. The highest BCUT2D eigenvalue weighted by atomic mass is 19.1. The maximum atomic E-state index is 13.5. The second-order valence-electron chi connectivity index (χ2n) is 5.15. The number of carbonyl (C=O) groups excluding carboxylic acids is 1. The topological polar surface area (TPSA) is 46.4 Å². The lowest BCUT2D eigenvalue weighted by atomic mass is 10.2. The number of rotatable bonds is 4. The summed E-state index contributed by atoms with van der Waals surface area (Å²) in [5.41, 5.74) is 2.23. The Morgan fingerprint density at radius 1 is 1.13 bits per heavy atom. The molecule has 0 aliphatic heterocycles. The van der Waals surface area contributed by atoms with Crippen LogP contribution in [0.25, 0.3) is 5.65 Å². The summed E-state index contributed by atoms with van der Waals surface area (Å²) >= 11 is 0. The molecule has 1 aromatic carbocycles. The molecule has 2 aromatic heterocycles. The Labute approximate surface area is 131 Å². The van der Waals surface area contributed by atoms with Crippen LogP contribution in [0.15, 0.2) is 42.6 Å². The van der Waals surface area contributed by atoms with Gasteiger partial charge in [-0.05, 0) is 36.2 Å². The summed E-state index contributed by atoms with van der Waals surface area (Å²) in [7, 11) is 0. The summed E-state index contributed by atoms with van der Waals surface area (Å²) in [5, 5.41) is 2.76. The fourth-order valence-corrected chi connectivity index (χ4v) is 2.42. The van der Waals surface area contributed by atoms with Crippen LogP contribution in [0.4, 0.5) is 8.78 Å². The van der Waals surface area contributed by atoms with Gasteiger partial charge in [-0.1, -0.05) is 19.1 Å². The van der Waals surface area contributed by atoms with Crippen molar-refractivity contribution in [1.82, 2.24) is 14.7 Å². The zero-order valence-corrected chi connectivity index (χ0v) is 12.5. The molecule has 118 valence electrons. The van der Waals surface area contributed by atoms with Gasteiger partial charge in [0.05, 0.1) is 5.69 Å². The first kappa shape index (κ1) is 15.1. The van der Waals surface area contributed by atoms with E-state index in [0.29, 0.717) is 23.5 Å². The van der Waals surface area contributed by atoms with Crippen LogP contribution in [-0.2, 0) is 13.0 Å². The van der Waals surface area contributed by atoms with Crippen LogP contribution in [0.2, 0.25) is 0 Å². The minimum Gasteiger partial charge on any atom is -0.347 e. The molecule has 1 amide bonds. The van der Waals surface area contributed by atoms with Crippen LogP contribution in [0, 0.1) is 11.6 Å². The first-order valence-electron chi connectivity index (χ1n) is 7.27. The third-order valence-corrected chi connectivity index (χ3v) is 3.57. The van der Waals surface area contributed by atoms with E-state index in [1.165, 1.54) is 34.9 Å². The Hall–Kier alpha value is -2.76. The van der Waals surface area contributed by atoms with Gasteiger partial charge < -0.3 is 5.32 Å². The molecule has 4 nitrogen and oxygen atoms in total. The number of pyridine rings is 1. The van der Waals surface area contributed by atoms with Crippen molar-refractivity contribution in [1.29, 1.82) is 0 Å². The molecule has 23 heavy (non-hydrogen) atoms. The van der Waals surface area contributed by atoms with E-state index >= 15 is 0 Å². The van der Waals surface area contributed by atoms with Crippen molar-refractivity contribution in [2.24, 2.45) is 0 Å². The lowest BCUT2D eigenvalue weighted by molar-refractivity contribution is 0.0944. The van der Waals surface area contributed by atoms with E-state index in [4.69, 9.17) is 0 Å². The van der Waals surface area contributed by atoms with E-state index in [1.807, 2.05) is 6.92 Å². The number of benzene rings is 1. The highest BCUT2D eigenvalue weighted by molar-refractivity contribution is 5.94. The van der Waals surface area contributed by atoms with Crippen molar-refractivity contribution in [2.75, 3.05) is 0 Å². The van der Waals surface area contributed by atoms with Crippen LogP contribution in [0.1, 0.15) is 28.7 Å². The number of amides is 1. The van der Waals surface area contributed by atoms with Gasteiger partial charge >= 0.3 is 0 Å². The lowest BCUT2D eigenvalue weighted by Crippen LogP contribution is -2.25. The first-order chi connectivity index (χ1) is 11.1. The van der Waals surface area contributed by atoms with Gasteiger partial charge in [0.25, 0.3) is 5.91 Å². The molecular formula is C17H15F2N3O. The molecule has 1 N–H and O–H groups in total. The largest absolute Gasteiger partial charge is 0.347 e. The molecule has 2 heterocycles. The van der Waals surface area contributed by atoms with Crippen molar-refractivity contribution < 1.29 is 13.6 Å². The van der Waals surface area contributed by atoms with Crippen LogP contribution in [0.3, 0.4) is 0 Å². The van der Waals surface area contributed by atoms with Crippen LogP contribution < -0.4 is 5.32 Å². The highest BCUT2D eigenvalue weighted by Crippen LogP contribution is 2.15. The molecule has 0 saturated carbocycles. The molecular weight excluding hydrogens is 300 g/mol. The van der Waals surface area contributed by atoms with E-state index in [2.05, 4.69) is 10.3 Å². The molecule has 3 aromatic rings. The number of nitrogens with zero attached hydrogens (tertiary/aromatic N) is 2. The first-order valence-corrected chi connectivity index (χ1v) is 7.27. The molecule has 0 saturated heterocycles. The minimum absolute atomic E-state index is 0.255. The number of imidazole rings is 1. The van der Waals surface area contributed by atoms with E-state index in [0.717, 1.165) is 5.56 Å². The Balaban J connectivity index is 1.87. The predicted molar refractivity (Wildman–Crippen MR) is 82.1 cm³/mol. The quantitative estimate of drug-likeness (QED) is 0.804. The Bertz CT molecular complexity index is 856. The number of hydrogen-bond acceptors (Lipinski definition) is 2. The van der Waals surface area contributed by atoms with Gasteiger partial charge in [-0.15, -0.1) is 0 Å². The van der Waals surface area contributed by atoms with Crippen molar-refractivity contribution in [3.8, 4) is 0 Å². The number of fused-ring (bicyclic) bond motifs is 1. The minimum atomic E-state index is -0.440. The number of aromatic nitrogens is 2. The Morgan fingerprint density at radius 3 is 2.52 bits per heavy atom. The summed E-state index contributed by atoms with van der Waals surface area (Å²) in [4.78, 5) is 16.8. The van der Waals surface area contributed by atoms with Gasteiger partial charge in [0, 0.05) is 12.7 Å². The second-order valence-corrected chi connectivity index (χ2v) is 5.15. The van der Waals surface area contributed by atoms with Crippen molar-refractivity contribution >= 4 is 11.6 Å². The Kier molecular flexibility index (Phi) is 4.06. The van der Waals surface area contributed by atoms with Gasteiger partial charge in [0.15, 0.2) is 0 Å². The molecule has 0 aliphatic rings. The van der Waals surface area contributed by atoms with E-state index in [9.17, 15) is 13.6 Å². The van der Waals surface area contributed by atoms with E-state index < -0.39 is 5.82 Å². The number of hydrogen-bond donors (Lipinski definition) is 1. The van der Waals surface area contributed by atoms with Crippen LogP contribution in [-0.4, -0.2) is 15.3 Å². The maximum absolute atomic E-state index is 13.5. The molecule has 0 atom stereocenters. The third-order valence-electron chi connectivity index (χ3n) is 3.57. The molecule has 0 spiro atoms. The zero-order chi connectivity index (χ0) is 16.4. The number of aryl methyl sites for hydroxylation is 1. The molecule has 0 fully saturated rings. The molecule has 0 radical (unpaired) electrons. The SMILES string of the molecule is CCc1nc2ccc(F)cn2c1C(=O)NCc1ccc(F)cc1. The highest BCUT2D eigenvalue weighted by Gasteiger charge is 2.18. The second kappa shape index (κ2) is 6.16. The summed E-state index contributed by atoms with van der Waals surface area (Å²) in [6.45, 7) is 2.14. The molecule has 0 aliphatic carbocycles. The molecule has 0 bridgehead atoms. The molecule has 3 rings (SSSR count). The number of halogens is 2. The van der Waals surface area contributed by atoms with Crippen LogP contribution >= 0.6 is 0 Å². The van der Waals surface area contributed by atoms with Crippen LogP contribution in [0.5, 0.6) is 0 Å². The van der Waals surface area contributed by atoms with Gasteiger partial charge in [-0.2, -0.15) is 0 Å². The predicted octanol–water partition coefficient (Wildman–Crippen LogP) is 3.10. The van der Waals surface area contributed by atoms with Gasteiger partial charge in [-0.25, -0.2) is 13.8 Å². The zero-order valence-electron chi connectivity index (χ0n) is 12.5. The Morgan fingerprint density at radius 2 is 1.83 bits per heavy atom. The number of nitrogens with one attached hydrogen (secondary N) is 1. The van der Waals surface area contributed by atoms with Crippen molar-refractivity contribution in [3.63, 3.8) is 0 Å². The average Bonchev–Trinajstić information content (AvgIpc) is 2.91. The number of carbonyl (C=O) groups is 1. The van der Waals surface area contributed by atoms with Crippen molar-refractivity contribution in [3.05, 3.63) is 71.2 Å². The average molecular weight is 315 g/mol. The summed E-state index contributed by atoms with van der Waals surface area (Å²) in [6, 6.07) is 8.72. The van der Waals surface area contributed by atoms with Gasteiger partial charge in [-0.3, -0.25) is 9.20 Å². The van der Waals surface area contributed by atoms with E-state index in [-0.39, 0.29) is 18.3 Å². The summed E-state index contributed by atoms with van der Waals surface area (Å²) in [6.07, 6.45) is 1.80. The normalized spacial score (nSPS) is 10.9. The lowest BCUT2D eigenvalue weighted by Gasteiger charge is -2.07. The monoisotopic (exact) mass is 315 g/mol. The molecule has 0 unspecified atom stereocenters. The van der Waals surface area contributed by atoms with Gasteiger partial charge in [0.2, 0.25) is 0 Å². The smallest absolute Gasteiger partial charge is 0.270 e. The van der Waals surface area contributed by atoms with Crippen molar-refractivity contribution in [2.45, 2.75) is 19.9 Å². The van der Waals surface area contributed by atoms with Gasteiger partial charge in [0.1, 0.15) is 23.0 Å². The third kappa shape index (κ3) is 3.06. The molecule has 6 heteroatoms. The fourth-order valence-electron chi connectivity index (χ4n) is 2.42. The van der Waals surface area contributed by atoms with E-state index in [1.54, 1.807) is 12.1 Å². The summed E-state index contributed by atoms with van der Waals surface area (Å²) < 4.78 is 27.8. The summed E-state index contributed by atoms with van der Waals surface area (Å²) in [5.74, 6) is -1.11.